The minimum atomic E-state index is -0.477. The first-order valence-electron chi connectivity index (χ1n) is 7.51. The molecular weight excluding hydrogens is 318 g/mol. The largest absolute Gasteiger partial charge is 0.396 e. The first-order valence-corrected chi connectivity index (χ1v) is 7.51. The predicted octanol–water partition coefficient (Wildman–Crippen LogP) is -2.26. The molecule has 0 radical (unpaired) electrons. The Morgan fingerprint density at radius 3 is 1.79 bits per heavy atom. The number of aliphatic hydroxyl groups is 4. The summed E-state index contributed by atoms with van der Waals surface area (Å²) < 4.78 is 0. The maximum Gasteiger partial charge on any atom is 0.269 e. The van der Waals surface area contributed by atoms with Crippen LogP contribution in [0.5, 0.6) is 0 Å². The highest BCUT2D eigenvalue weighted by Crippen LogP contribution is 2.02. The molecule has 0 spiro atoms. The fraction of sp³-hybridized carbons (Fsp3) is 0.533. The smallest absolute Gasteiger partial charge is 0.269 e. The molecule has 24 heavy (non-hydrogen) atoms. The molecule has 1 aromatic rings. The molecule has 0 aromatic carbocycles. The van der Waals surface area contributed by atoms with Gasteiger partial charge < -0.3 is 31.1 Å². The normalized spacial score (nSPS) is 10.9. The van der Waals surface area contributed by atoms with Gasteiger partial charge in [0, 0.05) is 57.5 Å². The third kappa shape index (κ3) is 6.20. The number of nitrogens with zero attached hydrogens (tertiary/aromatic N) is 1. The second-order valence-corrected chi connectivity index (χ2v) is 5.31. The van der Waals surface area contributed by atoms with Crippen molar-refractivity contribution in [1.29, 1.82) is 0 Å². The summed E-state index contributed by atoms with van der Waals surface area (Å²) in [5, 5.41) is 40.8. The first kappa shape index (κ1) is 20.0. The highest BCUT2D eigenvalue weighted by Gasteiger charge is 2.13. The van der Waals surface area contributed by atoms with Gasteiger partial charge in [-0.3, -0.25) is 14.6 Å². The van der Waals surface area contributed by atoms with Crippen LogP contribution in [0.1, 0.15) is 20.8 Å². The second kappa shape index (κ2) is 10.7. The molecule has 0 saturated carbocycles. The van der Waals surface area contributed by atoms with Gasteiger partial charge in [0.1, 0.15) is 5.69 Å². The van der Waals surface area contributed by atoms with Crippen molar-refractivity contribution in [2.75, 3.05) is 39.5 Å². The topological polar surface area (TPSA) is 152 Å². The van der Waals surface area contributed by atoms with Crippen LogP contribution in [0, 0.1) is 11.8 Å². The minimum absolute atomic E-state index is 0.102. The Morgan fingerprint density at radius 2 is 1.38 bits per heavy atom. The Bertz CT molecular complexity index is 467. The number of rotatable bonds is 10. The molecule has 0 aliphatic heterocycles. The van der Waals surface area contributed by atoms with E-state index in [9.17, 15) is 9.59 Å². The van der Waals surface area contributed by atoms with Crippen LogP contribution < -0.4 is 10.6 Å². The summed E-state index contributed by atoms with van der Waals surface area (Å²) in [6, 6.07) is 2.81. The number of carbonyl (C=O) groups excluding carboxylic acids is 2. The number of aliphatic hydroxyl groups excluding tert-OH is 4. The van der Waals surface area contributed by atoms with Crippen molar-refractivity contribution < 1.29 is 30.0 Å². The van der Waals surface area contributed by atoms with Crippen molar-refractivity contribution in [1.82, 2.24) is 15.6 Å². The van der Waals surface area contributed by atoms with E-state index < -0.39 is 23.7 Å². The zero-order chi connectivity index (χ0) is 17.9. The molecule has 134 valence electrons. The number of carbonyl (C=O) groups is 2. The van der Waals surface area contributed by atoms with Crippen molar-refractivity contribution >= 4 is 11.8 Å². The highest BCUT2D eigenvalue weighted by atomic mass is 16.3. The molecule has 9 heteroatoms. The van der Waals surface area contributed by atoms with E-state index in [0.29, 0.717) is 0 Å². The van der Waals surface area contributed by atoms with Crippen molar-refractivity contribution in [3.63, 3.8) is 0 Å². The molecule has 0 fully saturated rings. The standard InChI is InChI=1S/C15H23N3O6/c19-6-10(7-20)3-17-14(23)12-1-2-13(16-5-12)15(24)18-4-11(8-21)9-22/h1-2,5,10-11,19-22H,3-4,6-9H2,(H,17,23)(H,18,24). The fourth-order valence-corrected chi connectivity index (χ4v) is 1.70. The summed E-state index contributed by atoms with van der Waals surface area (Å²) >= 11 is 0. The maximum absolute atomic E-state index is 11.9. The Labute approximate surface area is 139 Å². The first-order chi connectivity index (χ1) is 11.5. The van der Waals surface area contributed by atoms with Crippen LogP contribution in [0.3, 0.4) is 0 Å². The minimum Gasteiger partial charge on any atom is -0.396 e. The quantitative estimate of drug-likeness (QED) is 0.281. The Hall–Kier alpha value is -2.07. The molecule has 0 bridgehead atoms. The summed E-state index contributed by atoms with van der Waals surface area (Å²) in [5.74, 6) is -1.78. The predicted molar refractivity (Wildman–Crippen MR) is 84.2 cm³/mol. The van der Waals surface area contributed by atoms with Crippen LogP contribution >= 0.6 is 0 Å². The van der Waals surface area contributed by atoms with Gasteiger partial charge in [-0.05, 0) is 12.1 Å². The third-order valence-electron chi connectivity index (χ3n) is 3.39. The Balaban J connectivity index is 2.55. The van der Waals surface area contributed by atoms with Crippen LogP contribution in [0.4, 0.5) is 0 Å². The molecule has 0 unspecified atom stereocenters. The zero-order valence-electron chi connectivity index (χ0n) is 13.2. The van der Waals surface area contributed by atoms with E-state index in [4.69, 9.17) is 20.4 Å². The number of hydrogen-bond donors (Lipinski definition) is 6. The molecule has 6 N–H and O–H groups in total. The number of amides is 2. The lowest BCUT2D eigenvalue weighted by atomic mass is 10.1. The van der Waals surface area contributed by atoms with Gasteiger partial charge in [-0.1, -0.05) is 0 Å². The summed E-state index contributed by atoms with van der Waals surface area (Å²) in [5.41, 5.74) is 0.342. The average Bonchev–Trinajstić information content (AvgIpc) is 2.63. The van der Waals surface area contributed by atoms with E-state index in [1.165, 1.54) is 18.3 Å². The molecule has 2 amide bonds. The van der Waals surface area contributed by atoms with Crippen molar-refractivity contribution in [2.24, 2.45) is 11.8 Å². The van der Waals surface area contributed by atoms with E-state index in [1.807, 2.05) is 0 Å². The van der Waals surface area contributed by atoms with Gasteiger partial charge in [0.05, 0.1) is 5.56 Å². The van der Waals surface area contributed by atoms with Crippen LogP contribution in [-0.2, 0) is 0 Å². The van der Waals surface area contributed by atoms with Crippen LogP contribution in [0.25, 0.3) is 0 Å². The maximum atomic E-state index is 11.9. The number of nitrogens with one attached hydrogen (secondary N) is 2. The van der Waals surface area contributed by atoms with Gasteiger partial charge in [0.15, 0.2) is 0 Å². The van der Waals surface area contributed by atoms with Gasteiger partial charge in [0.25, 0.3) is 11.8 Å². The molecule has 0 atom stereocenters. The van der Waals surface area contributed by atoms with Crippen LogP contribution in [-0.4, -0.2) is 76.7 Å². The van der Waals surface area contributed by atoms with Gasteiger partial charge in [-0.2, -0.15) is 0 Å². The van der Waals surface area contributed by atoms with E-state index in [0.717, 1.165) is 0 Å². The number of hydrogen-bond acceptors (Lipinski definition) is 7. The Kier molecular flexibility index (Phi) is 8.87. The highest BCUT2D eigenvalue weighted by molar-refractivity contribution is 5.96. The third-order valence-corrected chi connectivity index (χ3v) is 3.39. The van der Waals surface area contributed by atoms with Crippen LogP contribution in [0.15, 0.2) is 18.3 Å². The monoisotopic (exact) mass is 341 g/mol. The molecule has 1 heterocycles. The van der Waals surface area contributed by atoms with Crippen molar-refractivity contribution in [3.8, 4) is 0 Å². The lowest BCUT2D eigenvalue weighted by Crippen LogP contribution is -2.33. The van der Waals surface area contributed by atoms with E-state index in [-0.39, 0.29) is 50.8 Å². The molecule has 0 aliphatic carbocycles. The molecule has 0 saturated heterocycles. The number of aromatic nitrogens is 1. The van der Waals surface area contributed by atoms with E-state index >= 15 is 0 Å². The Morgan fingerprint density at radius 1 is 0.875 bits per heavy atom. The SMILES string of the molecule is O=C(NCC(CO)CO)c1ccc(C(=O)NCC(CO)CO)nc1. The lowest BCUT2D eigenvalue weighted by molar-refractivity contribution is 0.0904. The van der Waals surface area contributed by atoms with E-state index in [2.05, 4.69) is 15.6 Å². The van der Waals surface area contributed by atoms with E-state index in [1.54, 1.807) is 0 Å². The molecule has 9 nitrogen and oxygen atoms in total. The molecule has 0 aliphatic rings. The molecule has 1 aromatic heterocycles. The van der Waals surface area contributed by atoms with Gasteiger partial charge >= 0.3 is 0 Å². The van der Waals surface area contributed by atoms with Gasteiger partial charge in [-0.25, -0.2) is 0 Å². The second-order valence-electron chi connectivity index (χ2n) is 5.31. The molecular formula is C15H23N3O6. The zero-order valence-corrected chi connectivity index (χ0v) is 13.2. The number of pyridine rings is 1. The average molecular weight is 341 g/mol. The fourth-order valence-electron chi connectivity index (χ4n) is 1.70. The van der Waals surface area contributed by atoms with Gasteiger partial charge in [0.2, 0.25) is 0 Å². The summed E-state index contributed by atoms with van der Waals surface area (Å²) in [6.45, 7) is -0.733. The van der Waals surface area contributed by atoms with Crippen molar-refractivity contribution in [3.05, 3.63) is 29.6 Å². The summed E-state index contributed by atoms with van der Waals surface area (Å²) in [6.07, 6.45) is 1.24. The van der Waals surface area contributed by atoms with Gasteiger partial charge in [-0.15, -0.1) is 0 Å². The van der Waals surface area contributed by atoms with Crippen LogP contribution in [0.2, 0.25) is 0 Å². The summed E-state index contributed by atoms with van der Waals surface area (Å²) in [4.78, 5) is 27.6. The van der Waals surface area contributed by atoms with Crippen molar-refractivity contribution in [2.45, 2.75) is 0 Å². The lowest BCUT2D eigenvalue weighted by Gasteiger charge is -2.12. The summed E-state index contributed by atoms with van der Waals surface area (Å²) in [7, 11) is 0. The molecule has 1 rings (SSSR count).